The van der Waals surface area contributed by atoms with Gasteiger partial charge in [0.05, 0.1) is 0 Å². The molecule has 1 amide bonds. The number of piperidine rings is 1. The molecule has 0 saturated carbocycles. The summed E-state index contributed by atoms with van der Waals surface area (Å²) in [6.45, 7) is 0.951. The predicted molar refractivity (Wildman–Crippen MR) is 101 cm³/mol. The number of amides is 1. The molecule has 2 aromatic rings. The normalized spacial score (nSPS) is 25.4. The number of carbonyl (C=O) groups excluding carboxylic acids is 1. The van der Waals surface area contributed by atoms with Crippen molar-refractivity contribution in [1.82, 2.24) is 10.2 Å². The third-order valence-corrected chi connectivity index (χ3v) is 6.55. The molecule has 1 aromatic carbocycles. The largest absolute Gasteiger partial charge is 0.440 e. The van der Waals surface area contributed by atoms with Gasteiger partial charge in [-0.1, -0.05) is 30.3 Å². The van der Waals surface area contributed by atoms with Gasteiger partial charge in [-0.25, -0.2) is 8.42 Å². The van der Waals surface area contributed by atoms with Crippen molar-refractivity contribution in [2.45, 2.75) is 55.4 Å². The summed E-state index contributed by atoms with van der Waals surface area (Å²) in [7, 11) is -3.45. The Morgan fingerprint density at radius 3 is 2.37 bits per heavy atom. The first kappa shape index (κ1) is 18.3. The average Bonchev–Trinajstić information content (AvgIpc) is 3.20. The number of nitrogens with one attached hydrogen (secondary N) is 1. The quantitative estimate of drug-likeness (QED) is 0.852. The summed E-state index contributed by atoms with van der Waals surface area (Å²) in [5.41, 5.74) is 1.32. The lowest BCUT2D eigenvalue weighted by Crippen LogP contribution is -2.49. The number of furan rings is 1. The molecule has 6 nitrogen and oxygen atoms in total. The van der Waals surface area contributed by atoms with E-state index in [9.17, 15) is 13.2 Å². The van der Waals surface area contributed by atoms with Crippen molar-refractivity contribution < 1.29 is 17.6 Å². The Bertz CT molecular complexity index is 908. The van der Waals surface area contributed by atoms with Crippen molar-refractivity contribution in [2.24, 2.45) is 0 Å². The monoisotopic (exact) mass is 388 g/mol. The first-order valence-corrected chi connectivity index (χ1v) is 11.2. The van der Waals surface area contributed by atoms with Crippen LogP contribution in [-0.2, 0) is 16.4 Å². The number of hydrogen-bond donors (Lipinski definition) is 1. The second-order valence-corrected chi connectivity index (χ2v) is 9.52. The third kappa shape index (κ3) is 3.94. The molecule has 0 radical (unpaired) electrons. The zero-order chi connectivity index (χ0) is 19.0. The van der Waals surface area contributed by atoms with Gasteiger partial charge in [0, 0.05) is 30.9 Å². The molecule has 2 atom stereocenters. The Morgan fingerprint density at radius 2 is 1.78 bits per heavy atom. The van der Waals surface area contributed by atoms with E-state index in [1.54, 1.807) is 0 Å². The molecular weight excluding hydrogens is 364 g/mol. The number of nitrogens with zero attached hydrogens (tertiary/aromatic N) is 1. The highest BCUT2D eigenvalue weighted by Gasteiger charge is 2.41. The van der Waals surface area contributed by atoms with Crippen LogP contribution in [0.4, 0.5) is 0 Å². The van der Waals surface area contributed by atoms with Gasteiger partial charge in [-0.05, 0) is 43.4 Å². The van der Waals surface area contributed by atoms with Crippen molar-refractivity contribution in [2.75, 3.05) is 6.26 Å². The first-order chi connectivity index (χ1) is 12.9. The van der Waals surface area contributed by atoms with Crippen LogP contribution in [0, 0.1) is 0 Å². The molecular formula is C20H24N2O4S. The van der Waals surface area contributed by atoms with Gasteiger partial charge in [0.1, 0.15) is 0 Å². The highest BCUT2D eigenvalue weighted by Crippen LogP contribution is 2.37. The summed E-state index contributed by atoms with van der Waals surface area (Å²) in [6.07, 6.45) is 5.20. The van der Waals surface area contributed by atoms with E-state index in [2.05, 4.69) is 34.5 Å². The van der Waals surface area contributed by atoms with Crippen LogP contribution in [0.3, 0.4) is 0 Å². The fraction of sp³-hybridized carbons (Fsp3) is 0.450. The van der Waals surface area contributed by atoms with Crippen molar-refractivity contribution >= 4 is 15.7 Å². The van der Waals surface area contributed by atoms with Crippen LogP contribution in [0.5, 0.6) is 0 Å². The molecule has 2 bridgehead atoms. The minimum absolute atomic E-state index is 0.0505. The number of benzene rings is 1. The molecule has 2 saturated heterocycles. The summed E-state index contributed by atoms with van der Waals surface area (Å²) in [5.74, 6) is -0.291. The number of carbonyl (C=O) groups is 1. The molecule has 1 N–H and O–H groups in total. The number of fused-ring (bicyclic) bond motifs is 2. The van der Waals surface area contributed by atoms with Crippen LogP contribution in [-0.4, -0.2) is 43.6 Å². The Kier molecular flexibility index (Phi) is 4.82. The zero-order valence-electron chi connectivity index (χ0n) is 15.3. The summed E-state index contributed by atoms with van der Waals surface area (Å²) >= 11 is 0. The molecule has 2 aliphatic rings. The summed E-state index contributed by atoms with van der Waals surface area (Å²) in [6, 6.07) is 14.3. The molecule has 2 fully saturated rings. The van der Waals surface area contributed by atoms with Gasteiger partial charge in [0.15, 0.2) is 5.76 Å². The van der Waals surface area contributed by atoms with Gasteiger partial charge < -0.3 is 9.73 Å². The zero-order valence-corrected chi connectivity index (χ0v) is 16.1. The molecule has 0 aliphatic carbocycles. The second kappa shape index (κ2) is 7.13. The maximum absolute atomic E-state index is 12.4. The second-order valence-electron chi connectivity index (χ2n) is 7.58. The molecule has 2 aliphatic heterocycles. The van der Waals surface area contributed by atoms with Gasteiger partial charge in [-0.2, -0.15) is 0 Å². The lowest BCUT2D eigenvalue weighted by Gasteiger charge is -2.39. The molecule has 3 heterocycles. The topological polar surface area (TPSA) is 79.6 Å². The van der Waals surface area contributed by atoms with Gasteiger partial charge in [0.2, 0.25) is 14.9 Å². The number of rotatable bonds is 5. The lowest BCUT2D eigenvalue weighted by atomic mass is 9.96. The van der Waals surface area contributed by atoms with Gasteiger partial charge in [0.25, 0.3) is 5.91 Å². The summed E-state index contributed by atoms with van der Waals surface area (Å²) in [4.78, 5) is 15.0. The van der Waals surface area contributed by atoms with E-state index < -0.39 is 9.84 Å². The van der Waals surface area contributed by atoms with Crippen molar-refractivity contribution in [3.63, 3.8) is 0 Å². The van der Waals surface area contributed by atoms with Gasteiger partial charge >= 0.3 is 0 Å². The Labute approximate surface area is 159 Å². The van der Waals surface area contributed by atoms with Gasteiger partial charge in [-0.15, -0.1) is 0 Å². The molecule has 27 heavy (non-hydrogen) atoms. The molecule has 7 heteroatoms. The maximum atomic E-state index is 12.4. The van der Waals surface area contributed by atoms with Crippen LogP contribution in [0.25, 0.3) is 0 Å². The smallest absolute Gasteiger partial charge is 0.287 e. The van der Waals surface area contributed by atoms with E-state index in [-0.39, 0.29) is 22.8 Å². The SMILES string of the molecule is CS(=O)(=O)c1ccc(C(=O)NC2CC3CCC(C2)N3Cc2ccccc2)o1. The highest BCUT2D eigenvalue weighted by atomic mass is 32.2. The number of sulfone groups is 1. The van der Waals surface area contributed by atoms with E-state index >= 15 is 0 Å². The summed E-state index contributed by atoms with van der Waals surface area (Å²) in [5, 5.41) is 2.86. The molecule has 0 spiro atoms. The lowest BCUT2D eigenvalue weighted by molar-refractivity contribution is 0.0800. The minimum atomic E-state index is -3.45. The van der Waals surface area contributed by atoms with E-state index in [1.165, 1.54) is 17.7 Å². The fourth-order valence-corrected chi connectivity index (χ4v) is 4.90. The van der Waals surface area contributed by atoms with Gasteiger partial charge in [-0.3, -0.25) is 9.69 Å². The molecule has 2 unspecified atom stereocenters. The molecule has 4 rings (SSSR count). The van der Waals surface area contributed by atoms with Crippen LogP contribution in [0.2, 0.25) is 0 Å². The van der Waals surface area contributed by atoms with E-state index in [0.29, 0.717) is 12.1 Å². The van der Waals surface area contributed by atoms with E-state index in [4.69, 9.17) is 4.42 Å². The van der Waals surface area contributed by atoms with Crippen LogP contribution in [0.1, 0.15) is 41.8 Å². The fourth-order valence-electron chi connectivity index (χ4n) is 4.34. The molecule has 144 valence electrons. The van der Waals surface area contributed by atoms with Crippen LogP contribution >= 0.6 is 0 Å². The van der Waals surface area contributed by atoms with Crippen molar-refractivity contribution in [3.05, 3.63) is 53.8 Å². The van der Waals surface area contributed by atoms with Crippen LogP contribution in [0.15, 0.2) is 52.0 Å². The predicted octanol–water partition coefficient (Wildman–Crippen LogP) is 2.61. The minimum Gasteiger partial charge on any atom is -0.440 e. The van der Waals surface area contributed by atoms with Crippen molar-refractivity contribution in [1.29, 1.82) is 0 Å². The van der Waals surface area contributed by atoms with E-state index in [0.717, 1.165) is 38.5 Å². The third-order valence-electron chi connectivity index (χ3n) is 5.60. The Hall–Kier alpha value is -2.12. The average molecular weight is 388 g/mol. The summed E-state index contributed by atoms with van der Waals surface area (Å²) < 4.78 is 28.2. The standard InChI is InChI=1S/C20H24N2O4S/c1-27(24,25)19-10-9-18(26-19)20(23)21-15-11-16-7-8-17(12-15)22(16)13-14-5-3-2-4-6-14/h2-6,9-10,15-17H,7-8,11-13H2,1H3,(H,21,23). The van der Waals surface area contributed by atoms with E-state index in [1.807, 2.05) is 6.07 Å². The molecule has 1 aromatic heterocycles. The highest BCUT2D eigenvalue weighted by molar-refractivity contribution is 7.90. The number of hydrogen-bond acceptors (Lipinski definition) is 5. The Morgan fingerprint density at radius 1 is 1.11 bits per heavy atom. The first-order valence-electron chi connectivity index (χ1n) is 9.30. The van der Waals surface area contributed by atoms with Crippen molar-refractivity contribution in [3.8, 4) is 0 Å². The Balaban J connectivity index is 1.38. The van der Waals surface area contributed by atoms with Crippen LogP contribution < -0.4 is 5.32 Å². The maximum Gasteiger partial charge on any atom is 0.287 e.